The molecule has 0 saturated heterocycles. The van der Waals surface area contributed by atoms with Gasteiger partial charge in [-0.2, -0.15) is 0 Å². The SMILES string of the molecule is CCC(N)(CC)C(=O)NCc1cccc([N+](=O)[O-])c1. The minimum absolute atomic E-state index is 0.0109. The van der Waals surface area contributed by atoms with Crippen molar-refractivity contribution >= 4 is 11.6 Å². The van der Waals surface area contributed by atoms with E-state index in [9.17, 15) is 14.9 Å². The molecule has 19 heavy (non-hydrogen) atoms. The third-order valence-electron chi connectivity index (χ3n) is 3.29. The van der Waals surface area contributed by atoms with E-state index in [0.717, 1.165) is 0 Å². The van der Waals surface area contributed by atoms with Crippen molar-refractivity contribution in [1.29, 1.82) is 0 Å². The van der Waals surface area contributed by atoms with Gasteiger partial charge in [-0.25, -0.2) is 0 Å². The van der Waals surface area contributed by atoms with E-state index in [0.29, 0.717) is 18.4 Å². The van der Waals surface area contributed by atoms with Gasteiger partial charge in [-0.1, -0.05) is 26.0 Å². The van der Waals surface area contributed by atoms with E-state index in [1.807, 2.05) is 13.8 Å². The normalized spacial score (nSPS) is 11.1. The number of nitrogens with zero attached hydrogens (tertiary/aromatic N) is 1. The molecule has 6 nitrogen and oxygen atoms in total. The molecule has 1 amide bonds. The summed E-state index contributed by atoms with van der Waals surface area (Å²) in [6, 6.07) is 6.17. The molecule has 0 aliphatic carbocycles. The summed E-state index contributed by atoms with van der Waals surface area (Å²) in [4.78, 5) is 22.1. The summed E-state index contributed by atoms with van der Waals surface area (Å²) in [7, 11) is 0. The van der Waals surface area contributed by atoms with Gasteiger partial charge in [0.15, 0.2) is 0 Å². The van der Waals surface area contributed by atoms with E-state index < -0.39 is 10.5 Å². The van der Waals surface area contributed by atoms with Crippen LogP contribution in [-0.2, 0) is 11.3 Å². The lowest BCUT2D eigenvalue weighted by Gasteiger charge is -2.25. The first-order valence-electron chi connectivity index (χ1n) is 6.23. The van der Waals surface area contributed by atoms with Crippen molar-refractivity contribution in [2.45, 2.75) is 38.8 Å². The lowest BCUT2D eigenvalue weighted by molar-refractivity contribution is -0.384. The molecule has 0 fully saturated rings. The molecule has 0 saturated carbocycles. The standard InChI is InChI=1S/C13H19N3O3/c1-3-13(14,4-2)12(17)15-9-10-6-5-7-11(8-10)16(18)19/h5-8H,3-4,9,14H2,1-2H3,(H,15,17). The van der Waals surface area contributed by atoms with Gasteiger partial charge in [0.2, 0.25) is 5.91 Å². The Balaban J connectivity index is 2.69. The lowest BCUT2D eigenvalue weighted by atomic mass is 9.93. The van der Waals surface area contributed by atoms with E-state index in [4.69, 9.17) is 5.73 Å². The number of hydrogen-bond donors (Lipinski definition) is 2. The van der Waals surface area contributed by atoms with Crippen LogP contribution in [0.3, 0.4) is 0 Å². The largest absolute Gasteiger partial charge is 0.350 e. The summed E-state index contributed by atoms with van der Waals surface area (Å²) in [5, 5.41) is 13.4. The number of non-ortho nitro benzene ring substituents is 1. The fourth-order valence-electron chi connectivity index (χ4n) is 1.71. The topological polar surface area (TPSA) is 98.3 Å². The molecule has 0 aliphatic heterocycles. The van der Waals surface area contributed by atoms with Gasteiger partial charge in [0.1, 0.15) is 0 Å². The van der Waals surface area contributed by atoms with Gasteiger partial charge in [0.05, 0.1) is 10.5 Å². The van der Waals surface area contributed by atoms with Crippen LogP contribution in [0.25, 0.3) is 0 Å². The van der Waals surface area contributed by atoms with Crippen molar-refractivity contribution in [2.75, 3.05) is 0 Å². The van der Waals surface area contributed by atoms with Crippen LogP contribution in [-0.4, -0.2) is 16.4 Å². The minimum atomic E-state index is -0.874. The average Bonchev–Trinajstić information content (AvgIpc) is 2.44. The maximum atomic E-state index is 11.9. The number of benzene rings is 1. The zero-order valence-electron chi connectivity index (χ0n) is 11.2. The predicted molar refractivity (Wildman–Crippen MR) is 72.4 cm³/mol. The van der Waals surface area contributed by atoms with Crippen LogP contribution in [0.4, 0.5) is 5.69 Å². The van der Waals surface area contributed by atoms with E-state index in [2.05, 4.69) is 5.32 Å². The molecule has 3 N–H and O–H groups in total. The van der Waals surface area contributed by atoms with Crippen LogP contribution in [0.2, 0.25) is 0 Å². The van der Waals surface area contributed by atoms with E-state index in [1.165, 1.54) is 12.1 Å². The molecule has 6 heteroatoms. The Kier molecular flexibility index (Phi) is 5.00. The van der Waals surface area contributed by atoms with Crippen LogP contribution < -0.4 is 11.1 Å². The van der Waals surface area contributed by atoms with Gasteiger partial charge in [-0.05, 0) is 18.4 Å². The van der Waals surface area contributed by atoms with Crippen molar-refractivity contribution in [2.24, 2.45) is 5.73 Å². The monoisotopic (exact) mass is 265 g/mol. The number of nitrogens with one attached hydrogen (secondary N) is 1. The molecule has 0 bridgehead atoms. The summed E-state index contributed by atoms with van der Waals surface area (Å²) in [5.74, 6) is -0.232. The molecule has 1 rings (SSSR count). The number of amides is 1. The molecule has 0 aromatic heterocycles. The molecule has 0 radical (unpaired) electrons. The molecule has 0 aliphatic rings. The van der Waals surface area contributed by atoms with Gasteiger partial charge < -0.3 is 11.1 Å². The first-order chi connectivity index (χ1) is 8.92. The smallest absolute Gasteiger partial charge is 0.269 e. The van der Waals surface area contributed by atoms with Gasteiger partial charge in [0, 0.05) is 18.7 Å². The predicted octanol–water partition coefficient (Wildman–Crippen LogP) is 1.73. The molecule has 0 spiro atoms. The lowest BCUT2D eigenvalue weighted by Crippen LogP contribution is -2.52. The van der Waals surface area contributed by atoms with Gasteiger partial charge >= 0.3 is 0 Å². The zero-order valence-corrected chi connectivity index (χ0v) is 11.2. The third-order valence-corrected chi connectivity index (χ3v) is 3.29. The van der Waals surface area contributed by atoms with E-state index in [1.54, 1.807) is 12.1 Å². The summed E-state index contributed by atoms with van der Waals surface area (Å²) >= 11 is 0. The van der Waals surface area contributed by atoms with Crippen molar-refractivity contribution in [3.8, 4) is 0 Å². The van der Waals surface area contributed by atoms with Crippen LogP contribution in [0.15, 0.2) is 24.3 Å². The Hall–Kier alpha value is -1.95. The molecule has 104 valence electrons. The Morgan fingerprint density at radius 3 is 2.58 bits per heavy atom. The number of nitrogens with two attached hydrogens (primary N) is 1. The van der Waals surface area contributed by atoms with Crippen molar-refractivity contribution in [3.05, 3.63) is 39.9 Å². The minimum Gasteiger partial charge on any atom is -0.350 e. The van der Waals surface area contributed by atoms with Crippen LogP contribution in [0, 0.1) is 10.1 Å². The number of hydrogen-bond acceptors (Lipinski definition) is 4. The number of carbonyl (C=O) groups excluding carboxylic acids is 1. The van der Waals surface area contributed by atoms with Crippen molar-refractivity contribution < 1.29 is 9.72 Å². The second-order valence-electron chi connectivity index (χ2n) is 4.47. The van der Waals surface area contributed by atoms with E-state index >= 15 is 0 Å². The second-order valence-corrected chi connectivity index (χ2v) is 4.47. The van der Waals surface area contributed by atoms with Crippen molar-refractivity contribution in [3.63, 3.8) is 0 Å². The number of carbonyl (C=O) groups is 1. The highest BCUT2D eigenvalue weighted by Gasteiger charge is 2.29. The number of rotatable bonds is 6. The van der Waals surface area contributed by atoms with Gasteiger partial charge in [-0.15, -0.1) is 0 Å². The highest BCUT2D eigenvalue weighted by atomic mass is 16.6. The molecule has 0 atom stereocenters. The first-order valence-corrected chi connectivity index (χ1v) is 6.23. The maximum Gasteiger partial charge on any atom is 0.269 e. The average molecular weight is 265 g/mol. The quantitative estimate of drug-likeness (QED) is 0.604. The highest BCUT2D eigenvalue weighted by Crippen LogP contribution is 2.14. The molecule has 1 aromatic carbocycles. The summed E-state index contributed by atoms with van der Waals surface area (Å²) in [6.45, 7) is 3.95. The number of nitro groups is 1. The zero-order chi connectivity index (χ0) is 14.5. The maximum absolute atomic E-state index is 11.9. The van der Waals surface area contributed by atoms with Crippen molar-refractivity contribution in [1.82, 2.24) is 5.32 Å². The van der Waals surface area contributed by atoms with E-state index in [-0.39, 0.29) is 18.1 Å². The Morgan fingerprint density at radius 1 is 1.42 bits per heavy atom. The van der Waals surface area contributed by atoms with Gasteiger partial charge in [0.25, 0.3) is 5.69 Å². The second kappa shape index (κ2) is 6.29. The summed E-state index contributed by atoms with van der Waals surface area (Å²) in [5.41, 5.74) is 5.78. The molecule has 0 heterocycles. The molecular formula is C13H19N3O3. The van der Waals surface area contributed by atoms with Crippen LogP contribution >= 0.6 is 0 Å². The summed E-state index contributed by atoms with van der Waals surface area (Å²) < 4.78 is 0. The Bertz CT molecular complexity index is 470. The highest BCUT2D eigenvalue weighted by molar-refractivity contribution is 5.85. The molecule has 1 aromatic rings. The Morgan fingerprint density at radius 2 is 2.05 bits per heavy atom. The molecular weight excluding hydrogens is 246 g/mol. The van der Waals surface area contributed by atoms with Crippen LogP contribution in [0.5, 0.6) is 0 Å². The number of nitro benzene ring substituents is 1. The fraction of sp³-hybridized carbons (Fsp3) is 0.462. The third kappa shape index (κ3) is 3.75. The van der Waals surface area contributed by atoms with Crippen LogP contribution in [0.1, 0.15) is 32.3 Å². The summed E-state index contributed by atoms with van der Waals surface area (Å²) in [6.07, 6.45) is 1.09. The van der Waals surface area contributed by atoms with Gasteiger partial charge in [-0.3, -0.25) is 14.9 Å². The first kappa shape index (κ1) is 15.1. The molecule has 0 unspecified atom stereocenters. The fourth-order valence-corrected chi connectivity index (χ4v) is 1.71. The Labute approximate surface area is 112 Å².